The molecule has 0 N–H and O–H groups in total. The molecule has 4 aliphatic rings. The summed E-state index contributed by atoms with van der Waals surface area (Å²) >= 11 is 0. The molecule has 0 radical (unpaired) electrons. The number of carbonyl (C=O) groups is 2. The smallest absolute Gasteiger partial charge is 0.422 e. The molecule has 4 fully saturated rings. The molecule has 0 heterocycles. The molecule has 0 amide bonds. The Kier molecular flexibility index (Phi) is 4.24. The van der Waals surface area contributed by atoms with E-state index in [4.69, 9.17) is 9.47 Å². The van der Waals surface area contributed by atoms with E-state index in [0.29, 0.717) is 25.7 Å². The standard InChI is InChI=1S/C19H25F3O4/c1-11(19(20,21)22)14(23)25-17-6-12-5-13(7-17)9-18(8-12,10-17)26-15(24)16(2,3)4/h12-13H,1,5-10H2,2-4H3. The van der Waals surface area contributed by atoms with Crippen LogP contribution in [0, 0.1) is 17.3 Å². The molecule has 4 rings (SSSR count). The summed E-state index contributed by atoms with van der Waals surface area (Å²) < 4.78 is 49.6. The molecule has 7 heteroatoms. The van der Waals surface area contributed by atoms with Crippen LogP contribution in [-0.2, 0) is 19.1 Å². The van der Waals surface area contributed by atoms with E-state index in [1.807, 2.05) is 0 Å². The van der Waals surface area contributed by atoms with Gasteiger partial charge in [0.1, 0.15) is 16.8 Å². The lowest BCUT2D eigenvalue weighted by atomic mass is 9.52. The third kappa shape index (κ3) is 3.49. The molecule has 0 aromatic heterocycles. The van der Waals surface area contributed by atoms with Gasteiger partial charge >= 0.3 is 18.1 Å². The minimum absolute atomic E-state index is 0.191. The molecule has 4 bridgehead atoms. The first-order valence-electron chi connectivity index (χ1n) is 8.97. The Bertz CT molecular complexity index is 630. The fraction of sp³-hybridized carbons (Fsp3) is 0.789. The topological polar surface area (TPSA) is 52.6 Å². The maximum Gasteiger partial charge on any atom is 0.422 e. The van der Waals surface area contributed by atoms with Crippen molar-refractivity contribution < 1.29 is 32.2 Å². The SMILES string of the molecule is C=C(C(=O)OC12CC3CC(C1)CC(OC(=O)C(C)(C)C)(C3)C2)C(F)(F)F. The summed E-state index contributed by atoms with van der Waals surface area (Å²) in [6.07, 6.45) is -1.18. The van der Waals surface area contributed by atoms with Gasteiger partial charge in [-0.3, -0.25) is 4.79 Å². The van der Waals surface area contributed by atoms with E-state index in [9.17, 15) is 22.8 Å². The molecule has 146 valence electrons. The number of halogens is 3. The van der Waals surface area contributed by atoms with E-state index < -0.39 is 34.3 Å². The zero-order valence-electron chi connectivity index (χ0n) is 15.4. The van der Waals surface area contributed by atoms with Crippen molar-refractivity contribution in [2.24, 2.45) is 17.3 Å². The maximum absolute atomic E-state index is 12.8. The molecule has 2 atom stereocenters. The Hall–Kier alpha value is -1.53. The zero-order chi connectivity index (χ0) is 19.5. The summed E-state index contributed by atoms with van der Waals surface area (Å²) in [6.45, 7) is 8.13. The van der Waals surface area contributed by atoms with Crippen LogP contribution in [0.1, 0.15) is 59.3 Å². The second kappa shape index (κ2) is 5.73. The van der Waals surface area contributed by atoms with E-state index in [0.717, 1.165) is 6.42 Å². The van der Waals surface area contributed by atoms with Crippen molar-refractivity contribution in [3.63, 3.8) is 0 Å². The molecule has 2 unspecified atom stereocenters. The summed E-state index contributed by atoms with van der Waals surface area (Å²) in [5.74, 6) is -1.37. The highest BCUT2D eigenvalue weighted by molar-refractivity contribution is 5.89. The predicted molar refractivity (Wildman–Crippen MR) is 87.0 cm³/mol. The van der Waals surface area contributed by atoms with E-state index in [2.05, 4.69) is 6.58 Å². The molecule has 0 aliphatic heterocycles. The van der Waals surface area contributed by atoms with Crippen LogP contribution < -0.4 is 0 Å². The van der Waals surface area contributed by atoms with E-state index >= 15 is 0 Å². The third-order valence-electron chi connectivity index (χ3n) is 5.77. The first-order valence-corrected chi connectivity index (χ1v) is 8.97. The molecule has 26 heavy (non-hydrogen) atoms. The number of esters is 2. The second-order valence-electron chi connectivity index (χ2n) is 9.33. The lowest BCUT2D eigenvalue weighted by Crippen LogP contribution is -2.62. The number of ether oxygens (including phenoxy) is 2. The van der Waals surface area contributed by atoms with Crippen LogP contribution in [0.2, 0.25) is 0 Å². The normalized spacial score (nSPS) is 35.9. The molecular formula is C19H25F3O4. The minimum atomic E-state index is -4.81. The van der Waals surface area contributed by atoms with Crippen LogP contribution in [0.5, 0.6) is 0 Å². The summed E-state index contributed by atoms with van der Waals surface area (Å²) in [4.78, 5) is 24.4. The van der Waals surface area contributed by atoms with Crippen molar-refractivity contribution in [1.82, 2.24) is 0 Å². The summed E-state index contributed by atoms with van der Waals surface area (Å²) in [6, 6.07) is 0. The van der Waals surface area contributed by atoms with Crippen molar-refractivity contribution in [1.29, 1.82) is 0 Å². The summed E-state index contributed by atoms with van der Waals surface area (Å²) in [5, 5.41) is 0. The van der Waals surface area contributed by atoms with Gasteiger partial charge < -0.3 is 9.47 Å². The Morgan fingerprint density at radius 3 is 1.85 bits per heavy atom. The van der Waals surface area contributed by atoms with Gasteiger partial charge in [-0.2, -0.15) is 13.2 Å². The summed E-state index contributed by atoms with van der Waals surface area (Å²) in [5.41, 5.74) is -3.89. The number of carbonyl (C=O) groups excluding carboxylic acids is 2. The van der Waals surface area contributed by atoms with Gasteiger partial charge in [0.25, 0.3) is 0 Å². The molecule has 0 aromatic rings. The molecular weight excluding hydrogens is 349 g/mol. The van der Waals surface area contributed by atoms with Gasteiger partial charge in [-0.25, -0.2) is 4.79 Å². The fourth-order valence-electron chi connectivity index (χ4n) is 5.06. The molecule has 0 spiro atoms. The average molecular weight is 374 g/mol. The van der Waals surface area contributed by atoms with E-state index in [-0.39, 0.29) is 24.2 Å². The number of rotatable bonds is 3. The monoisotopic (exact) mass is 374 g/mol. The van der Waals surface area contributed by atoms with E-state index in [1.165, 1.54) is 0 Å². The van der Waals surface area contributed by atoms with Gasteiger partial charge in [-0.05, 0) is 64.7 Å². The first kappa shape index (κ1) is 19.2. The average Bonchev–Trinajstić information content (AvgIpc) is 2.41. The van der Waals surface area contributed by atoms with Crippen LogP contribution in [0.25, 0.3) is 0 Å². The quantitative estimate of drug-likeness (QED) is 0.545. The predicted octanol–water partition coefficient (Wildman–Crippen LogP) is 4.33. The van der Waals surface area contributed by atoms with Crippen molar-refractivity contribution in [2.75, 3.05) is 0 Å². The summed E-state index contributed by atoms with van der Waals surface area (Å²) in [7, 11) is 0. The van der Waals surface area contributed by atoms with Crippen molar-refractivity contribution in [3.8, 4) is 0 Å². The highest BCUT2D eigenvalue weighted by Gasteiger charge is 2.62. The number of alkyl halides is 3. The van der Waals surface area contributed by atoms with Gasteiger partial charge in [0.15, 0.2) is 0 Å². The van der Waals surface area contributed by atoms with Crippen molar-refractivity contribution >= 4 is 11.9 Å². The van der Waals surface area contributed by atoms with Gasteiger partial charge in [-0.1, -0.05) is 6.58 Å². The van der Waals surface area contributed by atoms with Crippen molar-refractivity contribution in [3.05, 3.63) is 12.2 Å². The van der Waals surface area contributed by atoms with Gasteiger partial charge in [-0.15, -0.1) is 0 Å². The fourth-order valence-corrected chi connectivity index (χ4v) is 5.06. The largest absolute Gasteiger partial charge is 0.458 e. The van der Waals surface area contributed by atoms with Crippen molar-refractivity contribution in [2.45, 2.75) is 76.7 Å². The molecule has 4 aliphatic carbocycles. The zero-order valence-corrected chi connectivity index (χ0v) is 15.4. The van der Waals surface area contributed by atoms with Gasteiger partial charge in [0, 0.05) is 6.42 Å². The van der Waals surface area contributed by atoms with Crippen LogP contribution in [0.4, 0.5) is 13.2 Å². The number of hydrogen-bond donors (Lipinski definition) is 0. The van der Waals surface area contributed by atoms with Crippen LogP contribution in [0.3, 0.4) is 0 Å². The Morgan fingerprint density at radius 1 is 0.962 bits per heavy atom. The van der Waals surface area contributed by atoms with Crippen LogP contribution in [-0.4, -0.2) is 29.3 Å². The third-order valence-corrected chi connectivity index (χ3v) is 5.77. The Morgan fingerprint density at radius 2 is 1.42 bits per heavy atom. The molecule has 4 saturated carbocycles. The maximum atomic E-state index is 12.8. The van der Waals surface area contributed by atoms with Gasteiger partial charge in [0.2, 0.25) is 0 Å². The molecule has 0 aromatic carbocycles. The lowest BCUT2D eigenvalue weighted by Gasteiger charge is -2.60. The van der Waals surface area contributed by atoms with Gasteiger partial charge in [0.05, 0.1) is 5.41 Å². The lowest BCUT2D eigenvalue weighted by molar-refractivity contribution is -0.234. The number of hydrogen-bond acceptors (Lipinski definition) is 4. The Balaban J connectivity index is 1.81. The molecule has 4 nitrogen and oxygen atoms in total. The molecule has 0 saturated heterocycles. The minimum Gasteiger partial charge on any atom is -0.458 e. The first-order chi connectivity index (χ1) is 11.7. The van der Waals surface area contributed by atoms with Crippen LogP contribution >= 0.6 is 0 Å². The van der Waals surface area contributed by atoms with E-state index in [1.54, 1.807) is 20.8 Å². The Labute approximate surface area is 151 Å². The highest BCUT2D eigenvalue weighted by Crippen LogP contribution is 2.60. The van der Waals surface area contributed by atoms with Crippen LogP contribution in [0.15, 0.2) is 12.2 Å². The second-order valence-corrected chi connectivity index (χ2v) is 9.33. The highest BCUT2D eigenvalue weighted by atomic mass is 19.4.